The second kappa shape index (κ2) is 8.04. The van der Waals surface area contributed by atoms with Crippen molar-refractivity contribution in [3.8, 4) is 5.75 Å². The summed E-state index contributed by atoms with van der Waals surface area (Å²) in [6, 6.07) is 14.5. The van der Waals surface area contributed by atoms with Gasteiger partial charge in [-0.1, -0.05) is 51.4 Å². The van der Waals surface area contributed by atoms with Crippen LogP contribution in [0.3, 0.4) is 0 Å². The maximum absolute atomic E-state index is 13.1. The summed E-state index contributed by atoms with van der Waals surface area (Å²) < 4.78 is 13.5. The van der Waals surface area contributed by atoms with Gasteiger partial charge in [0.1, 0.15) is 18.4 Å². The molecular formula is C20H18BrN5O3. The Hall–Kier alpha value is -3.20. The average Bonchev–Trinajstić information content (AvgIpc) is 3.19. The third-order valence-corrected chi connectivity index (χ3v) is 5.13. The van der Waals surface area contributed by atoms with E-state index in [-0.39, 0.29) is 6.61 Å². The van der Waals surface area contributed by atoms with E-state index in [9.17, 15) is 4.79 Å². The highest BCUT2D eigenvalue weighted by molar-refractivity contribution is 9.10. The first kappa shape index (κ1) is 19.1. The molecule has 0 saturated heterocycles. The number of nitrogens with one attached hydrogen (secondary N) is 1. The molecule has 0 saturated carbocycles. The number of carbonyl (C=O) groups excluding carboxylic acids is 1. The van der Waals surface area contributed by atoms with E-state index >= 15 is 0 Å². The van der Waals surface area contributed by atoms with Gasteiger partial charge in [-0.25, -0.2) is 4.79 Å². The summed E-state index contributed by atoms with van der Waals surface area (Å²) in [5, 5.41) is 14.9. The zero-order valence-electron chi connectivity index (χ0n) is 15.8. The minimum absolute atomic E-state index is 0.168. The van der Waals surface area contributed by atoms with Crippen LogP contribution in [0.15, 0.2) is 64.3 Å². The molecule has 0 radical (unpaired) electrons. The van der Waals surface area contributed by atoms with E-state index in [1.165, 1.54) is 0 Å². The molecule has 9 heteroatoms. The zero-order chi connectivity index (χ0) is 20.4. The lowest BCUT2D eigenvalue weighted by Crippen LogP contribution is -2.30. The molecule has 2 heterocycles. The number of carbonyl (C=O) groups is 1. The smallest absolute Gasteiger partial charge is 0.338 e. The Balaban J connectivity index is 1.74. The van der Waals surface area contributed by atoms with Gasteiger partial charge in [0.2, 0.25) is 5.95 Å². The van der Waals surface area contributed by atoms with E-state index in [1.54, 1.807) is 18.7 Å². The Morgan fingerprint density at radius 3 is 2.79 bits per heavy atom. The topological polar surface area (TPSA) is 91.2 Å². The molecule has 4 rings (SSSR count). The van der Waals surface area contributed by atoms with Crippen molar-refractivity contribution >= 4 is 27.8 Å². The number of anilines is 1. The monoisotopic (exact) mass is 455 g/mol. The van der Waals surface area contributed by atoms with Gasteiger partial charge < -0.3 is 14.8 Å². The fraction of sp³-hybridized carbons (Fsp3) is 0.200. The van der Waals surface area contributed by atoms with Crippen molar-refractivity contribution in [2.24, 2.45) is 0 Å². The molecule has 8 nitrogen and oxygen atoms in total. The van der Waals surface area contributed by atoms with Crippen LogP contribution in [0.5, 0.6) is 5.75 Å². The standard InChI is InChI=1S/C20H18BrN5O3/c1-12-17(19(27)29-11-13-6-4-3-5-7-13)18(26-20(22-12)23-24-25-26)15-10-14(21)8-9-16(15)28-2/h3-10,18H,11H2,1-2H3,(H,22,23,25). The molecule has 1 aliphatic heterocycles. The third-order valence-electron chi connectivity index (χ3n) is 4.63. The molecule has 1 aliphatic rings. The number of hydrogen-bond acceptors (Lipinski definition) is 7. The molecule has 2 aromatic carbocycles. The van der Waals surface area contributed by atoms with E-state index in [4.69, 9.17) is 9.47 Å². The van der Waals surface area contributed by atoms with Crippen molar-refractivity contribution in [2.45, 2.75) is 19.6 Å². The highest BCUT2D eigenvalue weighted by atomic mass is 79.9. The van der Waals surface area contributed by atoms with Crippen LogP contribution in [0.2, 0.25) is 0 Å². The van der Waals surface area contributed by atoms with Crippen LogP contribution in [0.25, 0.3) is 0 Å². The Bertz CT molecular complexity index is 1080. The van der Waals surface area contributed by atoms with Gasteiger partial charge in [-0.3, -0.25) is 0 Å². The first-order chi connectivity index (χ1) is 14.1. The lowest BCUT2D eigenvalue weighted by molar-refractivity contribution is -0.140. The number of tetrazole rings is 1. The van der Waals surface area contributed by atoms with Crippen LogP contribution in [0, 0.1) is 0 Å². The average molecular weight is 456 g/mol. The minimum atomic E-state index is -0.600. The maximum atomic E-state index is 13.1. The number of rotatable bonds is 5. The molecule has 0 fully saturated rings. The SMILES string of the molecule is COc1ccc(Br)cc1C1C(C(=O)OCc2ccccc2)=C(C)Nc2nnnn21. The summed E-state index contributed by atoms with van der Waals surface area (Å²) in [6.07, 6.45) is 0. The zero-order valence-corrected chi connectivity index (χ0v) is 17.4. The quantitative estimate of drug-likeness (QED) is 0.588. The maximum Gasteiger partial charge on any atom is 0.338 e. The van der Waals surface area contributed by atoms with Gasteiger partial charge in [0.05, 0.1) is 12.7 Å². The van der Waals surface area contributed by atoms with Gasteiger partial charge in [-0.2, -0.15) is 4.68 Å². The van der Waals surface area contributed by atoms with E-state index in [2.05, 4.69) is 36.8 Å². The number of aromatic nitrogens is 4. The number of methoxy groups -OCH3 is 1. The predicted molar refractivity (Wildman–Crippen MR) is 109 cm³/mol. The van der Waals surface area contributed by atoms with Gasteiger partial charge in [0.25, 0.3) is 0 Å². The highest BCUT2D eigenvalue weighted by Gasteiger charge is 2.36. The largest absolute Gasteiger partial charge is 0.496 e. The molecule has 1 N–H and O–H groups in total. The Labute approximate surface area is 175 Å². The van der Waals surface area contributed by atoms with Gasteiger partial charge >= 0.3 is 5.97 Å². The molecule has 0 bridgehead atoms. The van der Waals surface area contributed by atoms with E-state index < -0.39 is 12.0 Å². The van der Waals surface area contributed by atoms with Crippen molar-refractivity contribution < 1.29 is 14.3 Å². The van der Waals surface area contributed by atoms with Crippen molar-refractivity contribution in [1.82, 2.24) is 20.2 Å². The summed E-state index contributed by atoms with van der Waals surface area (Å²) >= 11 is 3.49. The van der Waals surface area contributed by atoms with E-state index in [0.29, 0.717) is 23.0 Å². The highest BCUT2D eigenvalue weighted by Crippen LogP contribution is 2.40. The number of hydrogen-bond donors (Lipinski definition) is 1. The molecule has 148 valence electrons. The number of esters is 1. The number of halogens is 1. The molecule has 3 aromatic rings. The fourth-order valence-corrected chi connectivity index (χ4v) is 3.66. The fourth-order valence-electron chi connectivity index (χ4n) is 3.28. The van der Waals surface area contributed by atoms with Crippen LogP contribution in [0.4, 0.5) is 5.95 Å². The molecule has 0 aliphatic carbocycles. The van der Waals surface area contributed by atoms with Gasteiger partial charge in [-0.05, 0) is 41.1 Å². The van der Waals surface area contributed by atoms with Gasteiger partial charge in [0.15, 0.2) is 0 Å². The van der Waals surface area contributed by atoms with Crippen LogP contribution >= 0.6 is 15.9 Å². The molecule has 1 aromatic heterocycles. The predicted octanol–water partition coefficient (Wildman–Crippen LogP) is 3.48. The van der Waals surface area contributed by atoms with Crippen molar-refractivity contribution in [3.05, 3.63) is 75.4 Å². The molecule has 0 amide bonds. The molecule has 1 atom stereocenters. The van der Waals surface area contributed by atoms with Gasteiger partial charge in [0, 0.05) is 15.7 Å². The van der Waals surface area contributed by atoms with Crippen molar-refractivity contribution in [1.29, 1.82) is 0 Å². The minimum Gasteiger partial charge on any atom is -0.496 e. The summed E-state index contributed by atoms with van der Waals surface area (Å²) in [5.74, 6) is 0.601. The Kier molecular flexibility index (Phi) is 5.30. The lowest BCUT2D eigenvalue weighted by Gasteiger charge is -2.28. The molecule has 1 unspecified atom stereocenters. The molecule has 0 spiro atoms. The lowest BCUT2D eigenvalue weighted by atomic mass is 9.95. The summed E-state index contributed by atoms with van der Waals surface area (Å²) in [7, 11) is 1.58. The number of ether oxygens (including phenoxy) is 2. The molecule has 29 heavy (non-hydrogen) atoms. The number of benzene rings is 2. The van der Waals surface area contributed by atoms with Crippen LogP contribution in [0.1, 0.15) is 24.1 Å². The summed E-state index contributed by atoms with van der Waals surface area (Å²) in [4.78, 5) is 13.1. The summed E-state index contributed by atoms with van der Waals surface area (Å²) in [5.41, 5.74) is 2.68. The number of allylic oxidation sites excluding steroid dienone is 1. The number of fused-ring (bicyclic) bond motifs is 1. The van der Waals surface area contributed by atoms with Crippen LogP contribution in [-0.4, -0.2) is 33.3 Å². The first-order valence-electron chi connectivity index (χ1n) is 8.88. The molecular weight excluding hydrogens is 438 g/mol. The first-order valence-corrected chi connectivity index (χ1v) is 9.68. The van der Waals surface area contributed by atoms with Crippen molar-refractivity contribution in [3.63, 3.8) is 0 Å². The number of nitrogens with zero attached hydrogens (tertiary/aromatic N) is 4. The van der Waals surface area contributed by atoms with Crippen LogP contribution < -0.4 is 10.1 Å². The normalized spacial score (nSPS) is 15.5. The Morgan fingerprint density at radius 1 is 1.24 bits per heavy atom. The second-order valence-electron chi connectivity index (χ2n) is 6.46. The van der Waals surface area contributed by atoms with Crippen LogP contribution in [-0.2, 0) is 16.1 Å². The van der Waals surface area contributed by atoms with Gasteiger partial charge in [-0.15, -0.1) is 0 Å². The third kappa shape index (κ3) is 3.73. The second-order valence-corrected chi connectivity index (χ2v) is 7.38. The van der Waals surface area contributed by atoms with E-state index in [0.717, 1.165) is 15.6 Å². The van der Waals surface area contributed by atoms with Crippen molar-refractivity contribution in [2.75, 3.05) is 12.4 Å². The van der Waals surface area contributed by atoms with E-state index in [1.807, 2.05) is 48.5 Å². The summed E-state index contributed by atoms with van der Waals surface area (Å²) in [6.45, 7) is 1.97. The Morgan fingerprint density at radius 2 is 2.03 bits per heavy atom.